The third kappa shape index (κ3) is 4.81. The molecule has 2 aromatic rings. The Hall–Kier alpha value is -1.96. The molecule has 1 saturated heterocycles. The Balaban J connectivity index is 1.43. The van der Waals surface area contributed by atoms with E-state index in [1.54, 1.807) is 25.4 Å². The molecule has 0 bridgehead atoms. The molecule has 1 N–H and O–H groups in total. The lowest BCUT2D eigenvalue weighted by atomic mass is 10.1. The fourth-order valence-electron chi connectivity index (χ4n) is 3.09. The molecule has 2 heterocycles. The molecular weight excluding hydrogens is 348 g/mol. The van der Waals surface area contributed by atoms with E-state index in [0.29, 0.717) is 6.54 Å². The fraction of sp³-hybridized carbons (Fsp3) is 0.474. The van der Waals surface area contributed by atoms with Crippen LogP contribution in [-0.2, 0) is 16.1 Å². The number of carbonyl (C=O) groups excluding carboxylic acids is 2. The zero-order chi connectivity index (χ0) is 18.5. The number of hydrogen-bond donors (Lipinski definition) is 1. The van der Waals surface area contributed by atoms with E-state index in [1.165, 1.54) is 20.5 Å². The summed E-state index contributed by atoms with van der Waals surface area (Å²) in [5, 5.41) is 6.30. The summed E-state index contributed by atoms with van der Waals surface area (Å²) >= 11 is 1.80. The van der Waals surface area contributed by atoms with Crippen molar-refractivity contribution in [3.63, 3.8) is 0 Å². The molecule has 0 unspecified atom stereocenters. The van der Waals surface area contributed by atoms with Crippen molar-refractivity contribution in [3.05, 3.63) is 35.2 Å². The highest BCUT2D eigenvalue weighted by atomic mass is 32.1. The number of fused-ring (bicyclic) bond motifs is 1. The summed E-state index contributed by atoms with van der Waals surface area (Å²) < 4.78 is 1.34. The smallest absolute Gasteiger partial charge is 0.241 e. The van der Waals surface area contributed by atoms with Crippen molar-refractivity contribution in [1.29, 1.82) is 0 Å². The van der Waals surface area contributed by atoms with E-state index in [9.17, 15) is 9.59 Å². The summed E-state index contributed by atoms with van der Waals surface area (Å²) in [5.41, 5.74) is 1.39. The van der Waals surface area contributed by atoms with E-state index in [4.69, 9.17) is 0 Å². The maximum Gasteiger partial charge on any atom is 0.241 e. The van der Waals surface area contributed by atoms with Crippen LogP contribution in [0.4, 0.5) is 0 Å². The van der Waals surface area contributed by atoms with Gasteiger partial charge in [-0.15, -0.1) is 11.3 Å². The van der Waals surface area contributed by atoms with Gasteiger partial charge >= 0.3 is 0 Å². The Morgan fingerprint density at radius 3 is 2.54 bits per heavy atom. The number of thiophene rings is 1. The molecule has 1 fully saturated rings. The highest BCUT2D eigenvalue weighted by Crippen LogP contribution is 2.26. The Morgan fingerprint density at radius 2 is 1.81 bits per heavy atom. The number of carbonyl (C=O) groups is 2. The van der Waals surface area contributed by atoms with Crippen LogP contribution in [0.15, 0.2) is 29.6 Å². The van der Waals surface area contributed by atoms with Crippen molar-refractivity contribution in [2.45, 2.75) is 6.54 Å². The van der Waals surface area contributed by atoms with Gasteiger partial charge in [0.25, 0.3) is 0 Å². The van der Waals surface area contributed by atoms with Crippen molar-refractivity contribution in [2.24, 2.45) is 0 Å². The van der Waals surface area contributed by atoms with E-state index in [2.05, 4.69) is 44.8 Å². The molecule has 0 aliphatic carbocycles. The number of benzene rings is 1. The topological polar surface area (TPSA) is 55.9 Å². The van der Waals surface area contributed by atoms with Gasteiger partial charge in [-0.2, -0.15) is 0 Å². The molecule has 6 nitrogen and oxygen atoms in total. The zero-order valence-corrected chi connectivity index (χ0v) is 16.2. The molecule has 0 radical (unpaired) electrons. The second-order valence-corrected chi connectivity index (χ2v) is 7.79. The Labute approximate surface area is 158 Å². The van der Waals surface area contributed by atoms with E-state index in [0.717, 1.165) is 32.7 Å². The lowest BCUT2D eigenvalue weighted by Gasteiger charge is -2.34. The van der Waals surface area contributed by atoms with Crippen LogP contribution in [0.3, 0.4) is 0 Å². The molecular formula is C19H26N4O2S. The number of hydrogen-bond acceptors (Lipinski definition) is 5. The summed E-state index contributed by atoms with van der Waals surface area (Å²) in [6.45, 7) is 5.03. The number of likely N-dealkylation sites (N-methyl/N-ethyl adjacent to an activating group) is 1. The SMILES string of the molecule is CN(C)C(=O)CNC(=O)CN1CCN(Cc2csc3ccccc23)CC1. The number of piperazine rings is 1. The molecule has 0 spiro atoms. The van der Waals surface area contributed by atoms with Crippen LogP contribution in [0, 0.1) is 0 Å². The van der Waals surface area contributed by atoms with Gasteiger partial charge in [0, 0.05) is 51.5 Å². The van der Waals surface area contributed by atoms with Crippen LogP contribution >= 0.6 is 11.3 Å². The molecule has 0 atom stereocenters. The van der Waals surface area contributed by atoms with Crippen LogP contribution in [0.1, 0.15) is 5.56 Å². The number of amides is 2. The van der Waals surface area contributed by atoms with Crippen LogP contribution in [0.2, 0.25) is 0 Å². The van der Waals surface area contributed by atoms with Crippen molar-refractivity contribution < 1.29 is 9.59 Å². The number of nitrogens with one attached hydrogen (secondary N) is 1. The first-order valence-electron chi connectivity index (χ1n) is 8.89. The van der Waals surface area contributed by atoms with Crippen LogP contribution < -0.4 is 5.32 Å². The van der Waals surface area contributed by atoms with Gasteiger partial charge in [-0.05, 0) is 22.4 Å². The first kappa shape index (κ1) is 18.8. The lowest BCUT2D eigenvalue weighted by Crippen LogP contribution is -2.49. The monoisotopic (exact) mass is 374 g/mol. The predicted octanol–water partition coefficient (Wildman–Crippen LogP) is 1.22. The molecule has 0 saturated carbocycles. The summed E-state index contributed by atoms with van der Waals surface area (Å²) in [4.78, 5) is 29.6. The first-order valence-corrected chi connectivity index (χ1v) is 9.77. The fourth-order valence-corrected chi connectivity index (χ4v) is 4.05. The average molecular weight is 375 g/mol. The summed E-state index contributed by atoms with van der Waals surface area (Å²) in [5.74, 6) is -0.177. The van der Waals surface area contributed by atoms with E-state index in [-0.39, 0.29) is 18.4 Å². The summed E-state index contributed by atoms with van der Waals surface area (Å²) in [6, 6.07) is 8.53. The standard InChI is InChI=1S/C19H26N4O2S/c1-21(2)19(25)11-20-18(24)13-23-9-7-22(8-10-23)12-15-14-26-17-6-4-3-5-16(15)17/h3-6,14H,7-13H2,1-2H3,(H,20,24). The van der Waals surface area contributed by atoms with Gasteiger partial charge in [-0.25, -0.2) is 0 Å². The van der Waals surface area contributed by atoms with Gasteiger partial charge in [-0.3, -0.25) is 19.4 Å². The van der Waals surface area contributed by atoms with Gasteiger partial charge in [0.05, 0.1) is 13.1 Å². The minimum Gasteiger partial charge on any atom is -0.347 e. The minimum absolute atomic E-state index is 0.0665. The molecule has 1 aromatic heterocycles. The number of rotatable bonds is 6. The van der Waals surface area contributed by atoms with Gasteiger partial charge in [0.15, 0.2) is 0 Å². The largest absolute Gasteiger partial charge is 0.347 e. The lowest BCUT2D eigenvalue weighted by molar-refractivity contribution is -0.131. The zero-order valence-electron chi connectivity index (χ0n) is 15.4. The Kier molecular flexibility index (Phi) is 6.24. The summed E-state index contributed by atoms with van der Waals surface area (Å²) in [6.07, 6.45) is 0. The molecule has 7 heteroatoms. The third-order valence-corrected chi connectivity index (χ3v) is 5.74. The maximum atomic E-state index is 12.0. The van der Waals surface area contributed by atoms with E-state index < -0.39 is 0 Å². The Morgan fingerprint density at radius 1 is 1.12 bits per heavy atom. The Bertz CT molecular complexity index is 766. The van der Waals surface area contributed by atoms with Crippen molar-refractivity contribution in [3.8, 4) is 0 Å². The second-order valence-electron chi connectivity index (χ2n) is 6.87. The quantitative estimate of drug-likeness (QED) is 0.826. The van der Waals surface area contributed by atoms with Gasteiger partial charge in [0.2, 0.25) is 11.8 Å². The predicted molar refractivity (Wildman–Crippen MR) is 105 cm³/mol. The van der Waals surface area contributed by atoms with Crippen LogP contribution in [0.25, 0.3) is 10.1 Å². The van der Waals surface area contributed by atoms with Crippen LogP contribution in [-0.4, -0.2) is 79.9 Å². The summed E-state index contributed by atoms with van der Waals surface area (Å²) in [7, 11) is 3.37. The molecule has 140 valence electrons. The molecule has 3 rings (SSSR count). The van der Waals surface area contributed by atoms with Crippen molar-refractivity contribution in [2.75, 3.05) is 53.4 Å². The average Bonchev–Trinajstić information content (AvgIpc) is 3.04. The molecule has 1 aromatic carbocycles. The normalized spacial score (nSPS) is 15.9. The first-order chi connectivity index (χ1) is 12.5. The van der Waals surface area contributed by atoms with Crippen LogP contribution in [0.5, 0.6) is 0 Å². The van der Waals surface area contributed by atoms with Gasteiger partial charge in [-0.1, -0.05) is 18.2 Å². The van der Waals surface area contributed by atoms with E-state index >= 15 is 0 Å². The van der Waals surface area contributed by atoms with E-state index in [1.807, 2.05) is 0 Å². The highest BCUT2D eigenvalue weighted by molar-refractivity contribution is 7.17. The maximum absolute atomic E-state index is 12.0. The molecule has 2 amide bonds. The molecule has 1 aliphatic rings. The molecule has 26 heavy (non-hydrogen) atoms. The van der Waals surface area contributed by atoms with Crippen molar-refractivity contribution in [1.82, 2.24) is 20.0 Å². The third-order valence-electron chi connectivity index (χ3n) is 4.72. The second kappa shape index (κ2) is 8.62. The number of nitrogens with zero attached hydrogens (tertiary/aromatic N) is 3. The molecule has 1 aliphatic heterocycles. The van der Waals surface area contributed by atoms with Gasteiger partial charge in [0.1, 0.15) is 0 Å². The van der Waals surface area contributed by atoms with Crippen molar-refractivity contribution >= 4 is 33.2 Å². The highest BCUT2D eigenvalue weighted by Gasteiger charge is 2.20. The van der Waals surface area contributed by atoms with Gasteiger partial charge < -0.3 is 10.2 Å². The minimum atomic E-state index is -0.0915.